The maximum absolute atomic E-state index is 8.91. The second-order valence-electron chi connectivity index (χ2n) is 3.98. The molecule has 0 aliphatic heterocycles. The van der Waals surface area contributed by atoms with Crippen LogP contribution in [0.25, 0.3) is 0 Å². The van der Waals surface area contributed by atoms with Gasteiger partial charge >= 0.3 is 0 Å². The van der Waals surface area contributed by atoms with E-state index in [0.29, 0.717) is 31.1 Å². The second-order valence-corrected chi connectivity index (χ2v) is 3.98. The van der Waals surface area contributed by atoms with Crippen LogP contribution < -0.4 is 5.32 Å². The molecule has 0 aliphatic carbocycles. The quantitative estimate of drug-likeness (QED) is 0.804. The van der Waals surface area contributed by atoms with Gasteiger partial charge in [0.25, 0.3) is 0 Å². The van der Waals surface area contributed by atoms with Crippen molar-refractivity contribution in [3.63, 3.8) is 0 Å². The van der Waals surface area contributed by atoms with Gasteiger partial charge in [-0.2, -0.15) is 5.26 Å². The van der Waals surface area contributed by atoms with Gasteiger partial charge in [-0.15, -0.1) is 0 Å². The molecule has 0 saturated carbocycles. The Morgan fingerprint density at radius 1 is 1.16 bits per heavy atom. The molecule has 1 heterocycles. The van der Waals surface area contributed by atoms with Gasteiger partial charge in [0.15, 0.2) is 0 Å². The van der Waals surface area contributed by atoms with Crippen molar-refractivity contribution in [2.75, 3.05) is 18.5 Å². The van der Waals surface area contributed by atoms with E-state index in [1.807, 2.05) is 30.3 Å². The molecule has 19 heavy (non-hydrogen) atoms. The molecule has 0 radical (unpaired) electrons. The van der Waals surface area contributed by atoms with Crippen molar-refractivity contribution in [3.8, 4) is 6.07 Å². The monoisotopic (exact) mass is 253 g/mol. The average molecular weight is 253 g/mol. The molecular weight excluding hydrogens is 238 g/mol. The molecule has 0 fully saturated rings. The lowest BCUT2D eigenvalue weighted by atomic mass is 10.2. The highest BCUT2D eigenvalue weighted by atomic mass is 16.5. The minimum absolute atomic E-state index is 0.547. The van der Waals surface area contributed by atoms with Gasteiger partial charge in [0.1, 0.15) is 11.9 Å². The van der Waals surface area contributed by atoms with E-state index in [4.69, 9.17) is 10.00 Å². The molecule has 0 aliphatic rings. The molecule has 4 nitrogen and oxygen atoms in total. The molecule has 1 N–H and O–H groups in total. The molecule has 2 rings (SSSR count). The molecule has 0 bridgehead atoms. The minimum atomic E-state index is 0.547. The van der Waals surface area contributed by atoms with Gasteiger partial charge in [0, 0.05) is 12.7 Å². The Balaban J connectivity index is 1.71. The summed E-state index contributed by atoms with van der Waals surface area (Å²) < 4.78 is 5.54. The largest absolute Gasteiger partial charge is 0.375 e. The van der Waals surface area contributed by atoms with Crippen LogP contribution in [-0.2, 0) is 11.3 Å². The van der Waals surface area contributed by atoms with Crippen molar-refractivity contribution in [3.05, 3.63) is 59.8 Å². The third-order valence-electron chi connectivity index (χ3n) is 2.58. The van der Waals surface area contributed by atoms with Crippen LogP contribution in [0, 0.1) is 11.3 Å². The fourth-order valence-electron chi connectivity index (χ4n) is 1.64. The molecule has 0 spiro atoms. The van der Waals surface area contributed by atoms with Crippen LogP contribution >= 0.6 is 0 Å². The maximum Gasteiger partial charge on any atom is 0.143 e. The highest BCUT2D eigenvalue weighted by Gasteiger charge is 2.00. The lowest BCUT2D eigenvalue weighted by molar-refractivity contribution is 0.130. The smallest absolute Gasteiger partial charge is 0.143 e. The van der Waals surface area contributed by atoms with E-state index >= 15 is 0 Å². The van der Waals surface area contributed by atoms with Crippen molar-refractivity contribution in [2.45, 2.75) is 6.61 Å². The number of nitrogens with one attached hydrogen (secondary N) is 1. The predicted octanol–water partition coefficient (Wildman–Crippen LogP) is 2.58. The highest BCUT2D eigenvalue weighted by Crippen LogP contribution is 2.08. The summed E-state index contributed by atoms with van der Waals surface area (Å²) in [6.45, 7) is 1.78. The van der Waals surface area contributed by atoms with Gasteiger partial charge in [0.05, 0.1) is 18.8 Å². The Morgan fingerprint density at radius 3 is 2.79 bits per heavy atom. The molecule has 4 heteroatoms. The van der Waals surface area contributed by atoms with E-state index in [9.17, 15) is 0 Å². The first-order valence-electron chi connectivity index (χ1n) is 6.11. The fourth-order valence-corrected chi connectivity index (χ4v) is 1.64. The number of anilines is 1. The molecule has 1 aromatic carbocycles. The lowest BCUT2D eigenvalue weighted by Gasteiger charge is -2.07. The van der Waals surface area contributed by atoms with Gasteiger partial charge in [-0.3, -0.25) is 0 Å². The second kappa shape index (κ2) is 7.14. The van der Waals surface area contributed by atoms with Crippen molar-refractivity contribution in [1.29, 1.82) is 5.26 Å². The van der Waals surface area contributed by atoms with Crippen molar-refractivity contribution in [1.82, 2.24) is 4.98 Å². The Bertz CT molecular complexity index is 549. The number of rotatable bonds is 6. The highest BCUT2D eigenvalue weighted by molar-refractivity contribution is 5.50. The van der Waals surface area contributed by atoms with Crippen molar-refractivity contribution < 1.29 is 4.74 Å². The van der Waals surface area contributed by atoms with Crippen LogP contribution in [0.1, 0.15) is 11.1 Å². The van der Waals surface area contributed by atoms with Gasteiger partial charge in [-0.1, -0.05) is 30.3 Å². The van der Waals surface area contributed by atoms with Crippen LogP contribution in [0.5, 0.6) is 0 Å². The first-order chi connectivity index (χ1) is 9.40. The lowest BCUT2D eigenvalue weighted by Crippen LogP contribution is -2.11. The van der Waals surface area contributed by atoms with E-state index in [1.54, 1.807) is 18.3 Å². The maximum atomic E-state index is 8.91. The molecule has 0 saturated heterocycles. The number of nitrogens with zero attached hydrogens (tertiary/aromatic N) is 2. The Morgan fingerprint density at radius 2 is 2.00 bits per heavy atom. The zero-order valence-electron chi connectivity index (χ0n) is 10.5. The summed E-state index contributed by atoms with van der Waals surface area (Å²) in [5, 5.41) is 12.0. The number of aromatic nitrogens is 1. The zero-order valence-corrected chi connectivity index (χ0v) is 10.5. The van der Waals surface area contributed by atoms with Gasteiger partial charge in [-0.25, -0.2) is 4.98 Å². The van der Waals surface area contributed by atoms with E-state index < -0.39 is 0 Å². The van der Waals surface area contributed by atoms with Crippen LogP contribution in [-0.4, -0.2) is 18.1 Å². The number of benzene rings is 1. The van der Waals surface area contributed by atoms with E-state index in [1.165, 1.54) is 0 Å². The Labute approximate surface area is 112 Å². The number of hydrogen-bond donors (Lipinski definition) is 1. The van der Waals surface area contributed by atoms with Gasteiger partial charge in [-0.05, 0) is 17.7 Å². The number of ether oxygens (including phenoxy) is 1. The molecule has 96 valence electrons. The number of nitriles is 1. The SMILES string of the molecule is N#Cc1cccnc1NCCOCc1ccccc1. The normalized spacial score (nSPS) is 9.84. The summed E-state index contributed by atoms with van der Waals surface area (Å²) in [6, 6.07) is 15.6. The Hall–Kier alpha value is -2.38. The predicted molar refractivity (Wildman–Crippen MR) is 73.5 cm³/mol. The number of pyridine rings is 1. The summed E-state index contributed by atoms with van der Waals surface area (Å²) >= 11 is 0. The first-order valence-corrected chi connectivity index (χ1v) is 6.11. The molecule has 0 atom stereocenters. The average Bonchev–Trinajstić information content (AvgIpc) is 2.48. The van der Waals surface area contributed by atoms with Crippen molar-refractivity contribution in [2.24, 2.45) is 0 Å². The summed E-state index contributed by atoms with van der Waals surface area (Å²) in [7, 11) is 0. The molecule has 0 amide bonds. The molecule has 0 unspecified atom stereocenters. The van der Waals surface area contributed by atoms with Gasteiger partial charge < -0.3 is 10.1 Å². The molecule has 2 aromatic rings. The minimum Gasteiger partial charge on any atom is -0.375 e. The van der Waals surface area contributed by atoms with Crippen LogP contribution in [0.15, 0.2) is 48.7 Å². The van der Waals surface area contributed by atoms with Crippen LogP contribution in [0.3, 0.4) is 0 Å². The summed E-state index contributed by atoms with van der Waals surface area (Å²) in [5.74, 6) is 0.605. The summed E-state index contributed by atoms with van der Waals surface area (Å²) in [5.41, 5.74) is 1.70. The Kier molecular flexibility index (Phi) is 4.91. The third-order valence-corrected chi connectivity index (χ3v) is 2.58. The summed E-state index contributed by atoms with van der Waals surface area (Å²) in [6.07, 6.45) is 1.66. The standard InChI is InChI=1S/C15H15N3O/c16-11-14-7-4-8-17-15(14)18-9-10-19-12-13-5-2-1-3-6-13/h1-8H,9-10,12H2,(H,17,18). The molecular formula is C15H15N3O. The van der Waals surface area contributed by atoms with E-state index in [0.717, 1.165) is 5.56 Å². The fraction of sp³-hybridized carbons (Fsp3) is 0.200. The third kappa shape index (κ3) is 4.09. The zero-order chi connectivity index (χ0) is 13.3. The topological polar surface area (TPSA) is 57.9 Å². The first kappa shape index (κ1) is 13.1. The van der Waals surface area contributed by atoms with Crippen LogP contribution in [0.2, 0.25) is 0 Å². The van der Waals surface area contributed by atoms with E-state index in [2.05, 4.69) is 16.4 Å². The van der Waals surface area contributed by atoms with Crippen LogP contribution in [0.4, 0.5) is 5.82 Å². The number of hydrogen-bond acceptors (Lipinski definition) is 4. The molecule has 1 aromatic heterocycles. The van der Waals surface area contributed by atoms with Gasteiger partial charge in [0.2, 0.25) is 0 Å². The van der Waals surface area contributed by atoms with Crippen molar-refractivity contribution >= 4 is 5.82 Å². The van der Waals surface area contributed by atoms with E-state index in [-0.39, 0.29) is 0 Å². The summed E-state index contributed by atoms with van der Waals surface area (Å²) in [4.78, 5) is 4.12.